The molecular weight excluding hydrogens is 444 g/mol. The summed E-state index contributed by atoms with van der Waals surface area (Å²) < 4.78 is 39.2. The number of amides is 1. The van der Waals surface area contributed by atoms with Crippen LogP contribution >= 0.6 is 0 Å². The fraction of sp³-hybridized carbons (Fsp3) is 0.333. The molecule has 2 aliphatic rings. The zero-order valence-corrected chi connectivity index (χ0v) is 19.5. The molecule has 0 bridgehead atoms. The highest BCUT2D eigenvalue weighted by atomic mass is 32.2. The average molecular weight is 471 g/mol. The van der Waals surface area contributed by atoms with Crippen molar-refractivity contribution in [3.63, 3.8) is 0 Å². The van der Waals surface area contributed by atoms with Gasteiger partial charge < -0.3 is 9.47 Å². The summed E-state index contributed by atoms with van der Waals surface area (Å²) in [5.41, 5.74) is 0.676. The molecule has 0 radical (unpaired) electrons. The number of rotatable bonds is 5. The first-order valence-electron chi connectivity index (χ1n) is 10.5. The summed E-state index contributed by atoms with van der Waals surface area (Å²) in [7, 11) is -1.65. The molecule has 0 spiro atoms. The van der Waals surface area contributed by atoms with E-state index in [0.717, 1.165) is 11.1 Å². The fourth-order valence-electron chi connectivity index (χ4n) is 5.04. The van der Waals surface area contributed by atoms with Crippen molar-refractivity contribution >= 4 is 27.8 Å². The van der Waals surface area contributed by atoms with E-state index in [2.05, 4.69) is 6.58 Å². The number of benzene rings is 2. The lowest BCUT2D eigenvalue weighted by Crippen LogP contribution is -2.60. The molecule has 33 heavy (non-hydrogen) atoms. The van der Waals surface area contributed by atoms with Crippen molar-refractivity contribution in [1.82, 2.24) is 4.90 Å². The van der Waals surface area contributed by atoms with Crippen molar-refractivity contribution in [2.75, 3.05) is 18.5 Å². The third-order valence-electron chi connectivity index (χ3n) is 6.45. The molecule has 0 saturated carbocycles. The van der Waals surface area contributed by atoms with E-state index in [1.54, 1.807) is 24.3 Å². The Morgan fingerprint density at radius 1 is 1.12 bits per heavy atom. The van der Waals surface area contributed by atoms with Gasteiger partial charge in [-0.25, -0.2) is 22.3 Å². The summed E-state index contributed by atoms with van der Waals surface area (Å²) in [6, 6.07) is 13.6. The number of ether oxygens (including phenoxy) is 2. The van der Waals surface area contributed by atoms with Gasteiger partial charge in [-0.05, 0) is 43.5 Å². The largest absolute Gasteiger partial charge is 0.467 e. The predicted octanol–water partition coefficient (Wildman–Crippen LogP) is 3.57. The second kappa shape index (κ2) is 8.22. The molecule has 1 saturated heterocycles. The Kier molecular flexibility index (Phi) is 5.69. The van der Waals surface area contributed by atoms with Crippen LogP contribution in [0.3, 0.4) is 0 Å². The first-order chi connectivity index (χ1) is 15.7. The van der Waals surface area contributed by atoms with Crippen molar-refractivity contribution in [2.24, 2.45) is 0 Å². The Bertz CT molecular complexity index is 1210. The van der Waals surface area contributed by atoms with E-state index in [0.29, 0.717) is 5.69 Å². The van der Waals surface area contributed by atoms with Crippen LogP contribution in [0.5, 0.6) is 0 Å². The molecule has 2 heterocycles. The first-order valence-corrected chi connectivity index (χ1v) is 11.9. The number of aryl methyl sites for hydroxylation is 1. The molecule has 0 aliphatic carbocycles. The van der Waals surface area contributed by atoms with E-state index in [1.807, 2.05) is 19.1 Å². The van der Waals surface area contributed by atoms with E-state index < -0.39 is 39.7 Å². The van der Waals surface area contributed by atoms with E-state index in [1.165, 1.54) is 41.6 Å². The minimum atomic E-state index is -4.09. The third kappa shape index (κ3) is 3.30. The normalized spacial score (nSPS) is 23.6. The number of hydrogen-bond donors (Lipinski definition) is 0. The van der Waals surface area contributed by atoms with Gasteiger partial charge in [0.2, 0.25) is 0 Å². The van der Waals surface area contributed by atoms with E-state index >= 15 is 0 Å². The molecule has 0 aromatic heterocycles. The predicted molar refractivity (Wildman–Crippen MR) is 122 cm³/mol. The van der Waals surface area contributed by atoms with Gasteiger partial charge in [0.15, 0.2) is 0 Å². The van der Waals surface area contributed by atoms with E-state index in [9.17, 15) is 18.0 Å². The second-order valence-electron chi connectivity index (χ2n) is 8.25. The molecule has 174 valence electrons. The molecule has 2 aliphatic heterocycles. The molecule has 9 heteroatoms. The van der Waals surface area contributed by atoms with Crippen LogP contribution < -0.4 is 4.31 Å². The maximum absolute atomic E-state index is 13.9. The van der Waals surface area contributed by atoms with Gasteiger partial charge in [-0.15, -0.1) is 6.58 Å². The molecule has 3 atom stereocenters. The monoisotopic (exact) mass is 470 g/mol. The highest BCUT2D eigenvalue weighted by Gasteiger charge is 2.65. The van der Waals surface area contributed by atoms with Gasteiger partial charge in [-0.2, -0.15) is 0 Å². The number of para-hydroxylation sites is 1. The van der Waals surface area contributed by atoms with Gasteiger partial charge >= 0.3 is 12.1 Å². The Morgan fingerprint density at radius 3 is 2.39 bits per heavy atom. The molecule has 4 rings (SSSR count). The van der Waals surface area contributed by atoms with Gasteiger partial charge in [0.05, 0.1) is 24.8 Å². The zero-order chi connectivity index (χ0) is 24.0. The standard InChI is InChI=1S/C24H26N2O6S/c1-5-14-24(22(27)31-3)15-19-18-8-6-7-9-20(18)26(21(19)25(24)23(28)32-4)33(29,30)17-12-10-16(2)11-13-17/h5-13,19,21H,1,14-15H2,2-4H3/t19-,21+,24+/m1/s1. The summed E-state index contributed by atoms with van der Waals surface area (Å²) in [4.78, 5) is 27.5. The highest BCUT2D eigenvalue weighted by molar-refractivity contribution is 7.92. The summed E-state index contributed by atoms with van der Waals surface area (Å²) >= 11 is 0. The van der Waals surface area contributed by atoms with Gasteiger partial charge in [0.25, 0.3) is 10.0 Å². The number of hydrogen-bond acceptors (Lipinski definition) is 6. The van der Waals surface area contributed by atoms with E-state index in [-0.39, 0.29) is 17.7 Å². The molecule has 2 aromatic carbocycles. The third-order valence-corrected chi connectivity index (χ3v) is 8.25. The molecule has 0 N–H and O–H groups in total. The summed E-state index contributed by atoms with van der Waals surface area (Å²) in [5.74, 6) is -1.10. The number of sulfonamides is 1. The number of carbonyl (C=O) groups is 2. The lowest BCUT2D eigenvalue weighted by atomic mass is 9.86. The minimum absolute atomic E-state index is 0.0857. The zero-order valence-electron chi connectivity index (χ0n) is 18.7. The number of methoxy groups -OCH3 is 2. The van der Waals surface area contributed by atoms with Gasteiger partial charge in [-0.1, -0.05) is 42.0 Å². The maximum atomic E-state index is 13.9. The number of likely N-dealkylation sites (tertiary alicyclic amines) is 1. The van der Waals surface area contributed by atoms with Crippen LogP contribution in [-0.4, -0.2) is 51.3 Å². The quantitative estimate of drug-likeness (QED) is 0.490. The smallest absolute Gasteiger partial charge is 0.412 e. The van der Waals surface area contributed by atoms with Crippen LogP contribution in [0.15, 0.2) is 66.1 Å². The van der Waals surface area contributed by atoms with Crippen LogP contribution in [0.25, 0.3) is 0 Å². The SMILES string of the molecule is C=CC[C@@]1(C(=O)OC)C[C@@H]2c3ccccc3N(S(=O)(=O)c3ccc(C)cc3)[C@@H]2N1C(=O)OC. The van der Waals surface area contributed by atoms with Crippen molar-refractivity contribution in [2.45, 2.75) is 42.3 Å². The summed E-state index contributed by atoms with van der Waals surface area (Å²) in [6.07, 6.45) is -0.0320. The molecule has 1 amide bonds. The fourth-order valence-corrected chi connectivity index (χ4v) is 6.69. The molecule has 2 aromatic rings. The number of nitrogens with zero attached hydrogens (tertiary/aromatic N) is 2. The first kappa shape index (κ1) is 22.8. The van der Waals surface area contributed by atoms with Crippen LogP contribution in [0.2, 0.25) is 0 Å². The average Bonchev–Trinajstić information content (AvgIpc) is 3.30. The molecule has 8 nitrogen and oxygen atoms in total. The van der Waals surface area contributed by atoms with Crippen LogP contribution in [0, 0.1) is 6.92 Å². The van der Waals surface area contributed by atoms with Gasteiger partial charge in [0.1, 0.15) is 11.7 Å². The topological polar surface area (TPSA) is 93.2 Å². The lowest BCUT2D eigenvalue weighted by Gasteiger charge is -2.40. The summed E-state index contributed by atoms with van der Waals surface area (Å²) in [5, 5.41) is 0. The van der Waals surface area contributed by atoms with Crippen molar-refractivity contribution in [1.29, 1.82) is 0 Å². The number of carbonyl (C=O) groups excluding carboxylic acids is 2. The summed E-state index contributed by atoms with van der Waals surface area (Å²) in [6.45, 7) is 5.62. The number of esters is 1. The van der Waals surface area contributed by atoms with Crippen LogP contribution in [0.4, 0.5) is 10.5 Å². The lowest BCUT2D eigenvalue weighted by molar-refractivity contribution is -0.153. The Labute approximate surface area is 193 Å². The highest BCUT2D eigenvalue weighted by Crippen LogP contribution is 2.56. The number of fused-ring (bicyclic) bond motifs is 3. The van der Waals surface area contributed by atoms with Crippen molar-refractivity contribution in [3.05, 3.63) is 72.3 Å². The Morgan fingerprint density at radius 2 is 1.79 bits per heavy atom. The van der Waals surface area contributed by atoms with Crippen LogP contribution in [0.1, 0.15) is 29.9 Å². The molecule has 0 unspecified atom stereocenters. The molecule has 1 fully saturated rings. The van der Waals surface area contributed by atoms with Gasteiger partial charge in [0, 0.05) is 5.92 Å². The maximum Gasteiger partial charge on any atom is 0.412 e. The van der Waals surface area contributed by atoms with Crippen molar-refractivity contribution in [3.8, 4) is 0 Å². The Balaban J connectivity index is 1.97. The van der Waals surface area contributed by atoms with E-state index in [4.69, 9.17) is 9.47 Å². The van der Waals surface area contributed by atoms with Crippen LogP contribution in [-0.2, 0) is 24.3 Å². The molecular formula is C24H26N2O6S. The number of anilines is 1. The second-order valence-corrected chi connectivity index (χ2v) is 10.1. The Hall–Kier alpha value is -3.33. The van der Waals surface area contributed by atoms with Gasteiger partial charge in [-0.3, -0.25) is 4.90 Å². The minimum Gasteiger partial charge on any atom is -0.467 e. The van der Waals surface area contributed by atoms with Crippen molar-refractivity contribution < 1.29 is 27.5 Å².